The van der Waals surface area contributed by atoms with Gasteiger partial charge in [-0.05, 0) is 24.3 Å². The zero-order chi connectivity index (χ0) is 11.1. The smallest absolute Gasteiger partial charge is 0.129 e. The molecule has 0 saturated carbocycles. The van der Waals surface area contributed by atoms with Crippen LogP contribution in [0.2, 0.25) is 0 Å². The summed E-state index contributed by atoms with van der Waals surface area (Å²) >= 11 is 1.80. The van der Waals surface area contributed by atoms with Gasteiger partial charge in [-0.1, -0.05) is 18.2 Å². The number of rotatable bonds is 6. The molecule has 2 nitrogen and oxygen atoms in total. The van der Waals surface area contributed by atoms with Crippen LogP contribution in [0.4, 0.5) is 0 Å². The van der Waals surface area contributed by atoms with Crippen LogP contribution in [0.15, 0.2) is 58.0 Å². The first-order valence-corrected chi connectivity index (χ1v) is 6.22. The average molecular weight is 234 g/mol. The molecular formula is C13H14O2S. The van der Waals surface area contributed by atoms with E-state index >= 15 is 0 Å². The van der Waals surface area contributed by atoms with Gasteiger partial charge in [-0.3, -0.25) is 0 Å². The fourth-order valence-corrected chi connectivity index (χ4v) is 2.09. The zero-order valence-electron chi connectivity index (χ0n) is 8.96. The summed E-state index contributed by atoms with van der Waals surface area (Å²) in [5, 5.41) is 0. The molecule has 0 aliphatic carbocycles. The molecule has 2 aromatic rings. The number of benzene rings is 1. The van der Waals surface area contributed by atoms with Gasteiger partial charge in [0.05, 0.1) is 12.9 Å². The third kappa shape index (κ3) is 3.76. The largest absolute Gasteiger partial charge is 0.467 e. The minimum absolute atomic E-state index is 0.558. The normalized spacial score (nSPS) is 10.5. The standard InChI is InChI=1S/C13H14O2S/c1-2-6-13(7-3-1)16-10-9-14-11-12-5-4-8-15-12/h1-8H,9-11H2. The van der Waals surface area contributed by atoms with E-state index in [2.05, 4.69) is 12.1 Å². The molecule has 0 fully saturated rings. The first kappa shape index (κ1) is 11.3. The summed E-state index contributed by atoms with van der Waals surface area (Å²) in [4.78, 5) is 1.28. The molecule has 1 aromatic carbocycles. The Morgan fingerprint density at radius 1 is 1.06 bits per heavy atom. The highest BCUT2D eigenvalue weighted by Gasteiger charge is 1.96. The lowest BCUT2D eigenvalue weighted by Crippen LogP contribution is -1.96. The molecule has 0 radical (unpaired) electrons. The van der Waals surface area contributed by atoms with Gasteiger partial charge < -0.3 is 9.15 Å². The summed E-state index contributed by atoms with van der Waals surface area (Å²) < 4.78 is 10.7. The molecule has 0 spiro atoms. The lowest BCUT2D eigenvalue weighted by Gasteiger charge is -2.02. The van der Waals surface area contributed by atoms with Gasteiger partial charge in [0.15, 0.2) is 0 Å². The van der Waals surface area contributed by atoms with E-state index in [1.54, 1.807) is 18.0 Å². The Bertz CT molecular complexity index is 384. The number of hydrogen-bond donors (Lipinski definition) is 0. The minimum Gasteiger partial charge on any atom is -0.467 e. The van der Waals surface area contributed by atoms with Gasteiger partial charge in [-0.2, -0.15) is 0 Å². The molecule has 16 heavy (non-hydrogen) atoms. The van der Waals surface area contributed by atoms with Crippen LogP contribution < -0.4 is 0 Å². The van der Waals surface area contributed by atoms with Gasteiger partial charge in [0, 0.05) is 10.6 Å². The molecule has 84 valence electrons. The fourth-order valence-electron chi connectivity index (χ4n) is 1.30. The molecule has 0 amide bonds. The number of hydrogen-bond acceptors (Lipinski definition) is 3. The van der Waals surface area contributed by atoms with Crippen LogP contribution in [-0.2, 0) is 11.3 Å². The van der Waals surface area contributed by atoms with Crippen LogP contribution in [-0.4, -0.2) is 12.4 Å². The van der Waals surface area contributed by atoms with Crippen molar-refractivity contribution < 1.29 is 9.15 Å². The molecule has 0 saturated heterocycles. The molecular weight excluding hydrogens is 220 g/mol. The lowest BCUT2D eigenvalue weighted by molar-refractivity contribution is 0.120. The van der Waals surface area contributed by atoms with Crippen LogP contribution in [0.5, 0.6) is 0 Å². The van der Waals surface area contributed by atoms with E-state index < -0.39 is 0 Å². The summed E-state index contributed by atoms with van der Waals surface area (Å²) in [6, 6.07) is 14.1. The minimum atomic E-state index is 0.558. The quantitative estimate of drug-likeness (QED) is 0.563. The molecule has 0 N–H and O–H groups in total. The van der Waals surface area contributed by atoms with Crippen molar-refractivity contribution in [3.8, 4) is 0 Å². The Labute approximate surface area is 99.6 Å². The summed E-state index contributed by atoms with van der Waals surface area (Å²) in [6.45, 7) is 1.29. The molecule has 0 aliphatic rings. The monoisotopic (exact) mass is 234 g/mol. The third-order valence-electron chi connectivity index (χ3n) is 2.06. The van der Waals surface area contributed by atoms with E-state index in [-0.39, 0.29) is 0 Å². The maximum atomic E-state index is 5.49. The topological polar surface area (TPSA) is 22.4 Å². The molecule has 1 heterocycles. The summed E-state index contributed by atoms with van der Waals surface area (Å²) in [5.74, 6) is 1.84. The molecule has 2 rings (SSSR count). The summed E-state index contributed by atoms with van der Waals surface area (Å²) in [6.07, 6.45) is 1.66. The summed E-state index contributed by atoms with van der Waals surface area (Å²) in [7, 11) is 0. The maximum absolute atomic E-state index is 5.49. The molecule has 0 atom stereocenters. The maximum Gasteiger partial charge on any atom is 0.129 e. The average Bonchev–Trinajstić information content (AvgIpc) is 2.83. The van der Waals surface area contributed by atoms with Crippen molar-refractivity contribution >= 4 is 11.8 Å². The number of ether oxygens (including phenoxy) is 1. The fraction of sp³-hybridized carbons (Fsp3) is 0.231. The SMILES string of the molecule is c1ccc(SCCOCc2ccco2)cc1. The predicted octanol–water partition coefficient (Wildman–Crippen LogP) is 3.59. The van der Waals surface area contributed by atoms with Gasteiger partial charge in [-0.15, -0.1) is 11.8 Å². The second-order valence-corrected chi connectivity index (χ2v) is 4.46. The van der Waals surface area contributed by atoms with Crippen LogP contribution in [0.3, 0.4) is 0 Å². The first-order chi connectivity index (χ1) is 7.95. The molecule has 1 aromatic heterocycles. The van der Waals surface area contributed by atoms with Crippen molar-refractivity contribution in [2.45, 2.75) is 11.5 Å². The van der Waals surface area contributed by atoms with Gasteiger partial charge in [0.1, 0.15) is 12.4 Å². The highest BCUT2D eigenvalue weighted by Crippen LogP contribution is 2.16. The van der Waals surface area contributed by atoms with Crippen molar-refractivity contribution in [3.63, 3.8) is 0 Å². The van der Waals surface area contributed by atoms with Gasteiger partial charge in [0.25, 0.3) is 0 Å². The van der Waals surface area contributed by atoms with E-state index in [4.69, 9.17) is 9.15 Å². The second-order valence-electron chi connectivity index (χ2n) is 3.29. The second kappa shape index (κ2) is 6.40. The van der Waals surface area contributed by atoms with Crippen LogP contribution in [0, 0.1) is 0 Å². The van der Waals surface area contributed by atoms with Crippen molar-refractivity contribution in [1.29, 1.82) is 0 Å². The van der Waals surface area contributed by atoms with E-state index in [1.165, 1.54) is 4.90 Å². The molecule has 0 bridgehead atoms. The van der Waals surface area contributed by atoms with Crippen LogP contribution in [0.25, 0.3) is 0 Å². The predicted molar refractivity (Wildman–Crippen MR) is 65.5 cm³/mol. The van der Waals surface area contributed by atoms with Gasteiger partial charge in [0.2, 0.25) is 0 Å². The number of furan rings is 1. The van der Waals surface area contributed by atoms with Crippen molar-refractivity contribution in [1.82, 2.24) is 0 Å². The Balaban J connectivity index is 1.59. The van der Waals surface area contributed by atoms with Gasteiger partial charge in [-0.25, -0.2) is 0 Å². The Morgan fingerprint density at radius 2 is 1.94 bits per heavy atom. The zero-order valence-corrected chi connectivity index (χ0v) is 9.78. The highest BCUT2D eigenvalue weighted by molar-refractivity contribution is 7.99. The number of thioether (sulfide) groups is 1. The molecule has 0 unspecified atom stereocenters. The third-order valence-corrected chi connectivity index (χ3v) is 3.04. The van der Waals surface area contributed by atoms with Crippen LogP contribution >= 0.6 is 11.8 Å². The van der Waals surface area contributed by atoms with Crippen molar-refractivity contribution in [2.24, 2.45) is 0 Å². The van der Waals surface area contributed by atoms with E-state index in [0.717, 1.165) is 18.1 Å². The van der Waals surface area contributed by atoms with Crippen molar-refractivity contribution in [2.75, 3.05) is 12.4 Å². The Morgan fingerprint density at radius 3 is 2.69 bits per heavy atom. The van der Waals surface area contributed by atoms with E-state index in [1.807, 2.05) is 30.3 Å². The lowest BCUT2D eigenvalue weighted by atomic mass is 10.4. The molecule has 0 aliphatic heterocycles. The Hall–Kier alpha value is -1.19. The highest BCUT2D eigenvalue weighted by atomic mass is 32.2. The first-order valence-electron chi connectivity index (χ1n) is 5.23. The Kier molecular flexibility index (Phi) is 4.52. The van der Waals surface area contributed by atoms with E-state index in [0.29, 0.717) is 6.61 Å². The van der Waals surface area contributed by atoms with E-state index in [9.17, 15) is 0 Å². The molecule has 3 heteroatoms. The van der Waals surface area contributed by atoms with Gasteiger partial charge >= 0.3 is 0 Å². The summed E-state index contributed by atoms with van der Waals surface area (Å²) in [5.41, 5.74) is 0. The van der Waals surface area contributed by atoms with Crippen LogP contribution in [0.1, 0.15) is 5.76 Å². The van der Waals surface area contributed by atoms with Crippen molar-refractivity contribution in [3.05, 3.63) is 54.5 Å².